The van der Waals surface area contributed by atoms with E-state index < -0.39 is 0 Å². The van der Waals surface area contributed by atoms with Crippen molar-refractivity contribution in [3.05, 3.63) is 22.8 Å². The van der Waals surface area contributed by atoms with Crippen molar-refractivity contribution in [1.82, 2.24) is 9.88 Å². The molecular formula is C11H13ClN2O3. The van der Waals surface area contributed by atoms with Crippen LogP contribution in [0.3, 0.4) is 0 Å². The summed E-state index contributed by atoms with van der Waals surface area (Å²) in [6.07, 6.45) is 0. The number of hydrogen-bond acceptors (Lipinski definition) is 4. The monoisotopic (exact) mass is 256 g/mol. The first kappa shape index (κ1) is 12.1. The number of methoxy groups -OCH3 is 1. The molecule has 0 N–H and O–H groups in total. The van der Waals surface area contributed by atoms with Crippen molar-refractivity contribution in [2.24, 2.45) is 0 Å². The number of carbonyl (C=O) groups is 1. The van der Waals surface area contributed by atoms with E-state index in [-0.39, 0.29) is 11.1 Å². The molecule has 0 saturated carbocycles. The molecule has 5 nitrogen and oxygen atoms in total. The molecule has 0 unspecified atom stereocenters. The molecular weight excluding hydrogens is 244 g/mol. The van der Waals surface area contributed by atoms with Crippen LogP contribution in [0.25, 0.3) is 0 Å². The molecule has 0 spiro atoms. The molecule has 0 bridgehead atoms. The van der Waals surface area contributed by atoms with Gasteiger partial charge in [-0.1, -0.05) is 11.6 Å². The Kier molecular flexibility index (Phi) is 3.81. The lowest BCUT2D eigenvalue weighted by Gasteiger charge is -2.26. The Labute approximate surface area is 104 Å². The Morgan fingerprint density at radius 3 is 2.82 bits per heavy atom. The van der Waals surface area contributed by atoms with Crippen LogP contribution in [0.2, 0.25) is 5.15 Å². The molecule has 1 saturated heterocycles. The smallest absolute Gasteiger partial charge is 0.254 e. The highest BCUT2D eigenvalue weighted by molar-refractivity contribution is 6.29. The van der Waals surface area contributed by atoms with E-state index in [0.717, 1.165) is 0 Å². The second kappa shape index (κ2) is 5.33. The quantitative estimate of drug-likeness (QED) is 0.747. The summed E-state index contributed by atoms with van der Waals surface area (Å²) in [5.41, 5.74) is 0.490. The average molecular weight is 257 g/mol. The third kappa shape index (κ3) is 2.87. The molecule has 0 atom stereocenters. The highest BCUT2D eigenvalue weighted by Gasteiger charge is 2.19. The molecule has 1 aliphatic heterocycles. The van der Waals surface area contributed by atoms with Gasteiger partial charge in [-0.05, 0) is 6.07 Å². The minimum atomic E-state index is -0.0732. The zero-order chi connectivity index (χ0) is 12.3. The number of hydrogen-bond donors (Lipinski definition) is 0. The highest BCUT2D eigenvalue weighted by atomic mass is 35.5. The molecule has 2 rings (SSSR count). The Morgan fingerprint density at radius 1 is 1.47 bits per heavy atom. The largest absolute Gasteiger partial charge is 0.481 e. The number of nitrogens with zero attached hydrogens (tertiary/aromatic N) is 2. The van der Waals surface area contributed by atoms with E-state index >= 15 is 0 Å². The van der Waals surface area contributed by atoms with Gasteiger partial charge in [0.2, 0.25) is 5.88 Å². The maximum Gasteiger partial charge on any atom is 0.254 e. The Morgan fingerprint density at radius 2 is 2.18 bits per heavy atom. The third-order valence-corrected chi connectivity index (χ3v) is 2.72. The molecule has 92 valence electrons. The first-order valence-corrected chi connectivity index (χ1v) is 5.67. The molecule has 1 aromatic rings. The normalized spacial score (nSPS) is 15.8. The average Bonchev–Trinajstić information content (AvgIpc) is 2.38. The first-order chi connectivity index (χ1) is 8.20. The van der Waals surface area contributed by atoms with Gasteiger partial charge in [0.25, 0.3) is 5.91 Å². The molecule has 1 fully saturated rings. The molecule has 0 aliphatic carbocycles. The SMILES string of the molecule is COc1cc(C(=O)N2CCOCC2)cc(Cl)n1. The number of ether oxygens (including phenoxy) is 2. The lowest BCUT2D eigenvalue weighted by Crippen LogP contribution is -2.40. The minimum Gasteiger partial charge on any atom is -0.481 e. The molecule has 0 radical (unpaired) electrons. The second-order valence-electron chi connectivity index (χ2n) is 3.63. The van der Waals surface area contributed by atoms with Crippen LogP contribution < -0.4 is 4.74 Å². The summed E-state index contributed by atoms with van der Waals surface area (Å²) < 4.78 is 10.2. The van der Waals surface area contributed by atoms with Crippen LogP contribution in [0.15, 0.2) is 12.1 Å². The lowest BCUT2D eigenvalue weighted by molar-refractivity contribution is 0.0302. The third-order valence-electron chi connectivity index (χ3n) is 2.52. The maximum atomic E-state index is 12.1. The van der Waals surface area contributed by atoms with Gasteiger partial charge in [0.05, 0.1) is 20.3 Å². The van der Waals surface area contributed by atoms with Gasteiger partial charge in [0.1, 0.15) is 5.15 Å². The fourth-order valence-electron chi connectivity index (χ4n) is 1.65. The van der Waals surface area contributed by atoms with Gasteiger partial charge in [-0.15, -0.1) is 0 Å². The summed E-state index contributed by atoms with van der Waals surface area (Å²) >= 11 is 5.83. The topological polar surface area (TPSA) is 51.7 Å². The van der Waals surface area contributed by atoms with Gasteiger partial charge in [0, 0.05) is 24.7 Å². The van der Waals surface area contributed by atoms with E-state index in [9.17, 15) is 4.79 Å². The summed E-state index contributed by atoms with van der Waals surface area (Å²) in [5.74, 6) is 0.269. The summed E-state index contributed by atoms with van der Waals surface area (Å²) in [6, 6.07) is 3.13. The Hall–Kier alpha value is -1.33. The summed E-state index contributed by atoms with van der Waals surface area (Å²) in [6.45, 7) is 2.34. The van der Waals surface area contributed by atoms with Crippen molar-refractivity contribution in [3.63, 3.8) is 0 Å². The van der Waals surface area contributed by atoms with Crippen LogP contribution in [0.1, 0.15) is 10.4 Å². The van der Waals surface area contributed by atoms with Gasteiger partial charge < -0.3 is 14.4 Å². The van der Waals surface area contributed by atoms with Crippen LogP contribution >= 0.6 is 11.6 Å². The number of aromatic nitrogens is 1. The molecule has 2 heterocycles. The predicted molar refractivity (Wildman–Crippen MR) is 62.5 cm³/mol. The van der Waals surface area contributed by atoms with Gasteiger partial charge in [-0.25, -0.2) is 4.98 Å². The fraction of sp³-hybridized carbons (Fsp3) is 0.455. The van der Waals surface area contributed by atoms with E-state index in [2.05, 4.69) is 4.98 Å². The van der Waals surface area contributed by atoms with E-state index in [1.54, 1.807) is 17.0 Å². The number of carbonyl (C=O) groups excluding carboxylic acids is 1. The van der Waals surface area contributed by atoms with Crippen LogP contribution in [0, 0.1) is 0 Å². The van der Waals surface area contributed by atoms with Crippen molar-refractivity contribution in [1.29, 1.82) is 0 Å². The van der Waals surface area contributed by atoms with Gasteiger partial charge >= 0.3 is 0 Å². The van der Waals surface area contributed by atoms with Crippen molar-refractivity contribution >= 4 is 17.5 Å². The first-order valence-electron chi connectivity index (χ1n) is 5.29. The Balaban J connectivity index is 2.20. The molecule has 6 heteroatoms. The lowest BCUT2D eigenvalue weighted by atomic mass is 10.2. The van der Waals surface area contributed by atoms with Crippen LogP contribution in [-0.2, 0) is 4.74 Å². The highest BCUT2D eigenvalue weighted by Crippen LogP contribution is 2.18. The Bertz CT molecular complexity index is 419. The van der Waals surface area contributed by atoms with Crippen LogP contribution in [-0.4, -0.2) is 49.2 Å². The molecule has 1 amide bonds. The van der Waals surface area contributed by atoms with E-state index in [4.69, 9.17) is 21.1 Å². The number of pyridine rings is 1. The molecule has 1 aliphatic rings. The van der Waals surface area contributed by atoms with E-state index in [1.165, 1.54) is 7.11 Å². The maximum absolute atomic E-state index is 12.1. The van der Waals surface area contributed by atoms with Crippen molar-refractivity contribution in [2.45, 2.75) is 0 Å². The number of morpholine rings is 1. The van der Waals surface area contributed by atoms with E-state index in [1.807, 2.05) is 0 Å². The zero-order valence-electron chi connectivity index (χ0n) is 9.48. The van der Waals surface area contributed by atoms with Crippen LogP contribution in [0.4, 0.5) is 0 Å². The number of amides is 1. The second-order valence-corrected chi connectivity index (χ2v) is 4.01. The van der Waals surface area contributed by atoms with Crippen molar-refractivity contribution in [3.8, 4) is 5.88 Å². The van der Waals surface area contributed by atoms with Crippen LogP contribution in [0.5, 0.6) is 5.88 Å². The van der Waals surface area contributed by atoms with Gasteiger partial charge in [0.15, 0.2) is 0 Å². The standard InChI is InChI=1S/C11H13ClN2O3/c1-16-10-7-8(6-9(12)13-10)11(15)14-2-4-17-5-3-14/h6-7H,2-5H2,1H3. The summed E-state index contributed by atoms with van der Waals surface area (Å²) in [7, 11) is 1.49. The number of rotatable bonds is 2. The molecule has 1 aromatic heterocycles. The summed E-state index contributed by atoms with van der Waals surface area (Å²) in [5, 5.41) is 0.251. The van der Waals surface area contributed by atoms with Gasteiger partial charge in [-0.2, -0.15) is 0 Å². The van der Waals surface area contributed by atoms with Gasteiger partial charge in [-0.3, -0.25) is 4.79 Å². The van der Waals surface area contributed by atoms with E-state index in [0.29, 0.717) is 37.7 Å². The molecule has 17 heavy (non-hydrogen) atoms. The minimum absolute atomic E-state index is 0.0732. The van der Waals surface area contributed by atoms with Crippen molar-refractivity contribution < 1.29 is 14.3 Å². The number of halogens is 1. The zero-order valence-corrected chi connectivity index (χ0v) is 10.2. The predicted octanol–water partition coefficient (Wildman–Crippen LogP) is 1.22. The van der Waals surface area contributed by atoms with Crippen molar-refractivity contribution in [2.75, 3.05) is 33.4 Å². The molecule has 0 aromatic carbocycles. The fourth-order valence-corrected chi connectivity index (χ4v) is 1.85. The summed E-state index contributed by atoms with van der Waals surface area (Å²) in [4.78, 5) is 17.8.